The third-order valence-corrected chi connectivity index (χ3v) is 2.69. The second kappa shape index (κ2) is 3.65. The minimum atomic E-state index is -0.516. The molecule has 0 spiro atoms. The number of hydrogen-bond acceptors (Lipinski definition) is 1. The fourth-order valence-corrected chi connectivity index (χ4v) is 1.93. The zero-order valence-corrected chi connectivity index (χ0v) is 8.06. The van der Waals surface area contributed by atoms with Crippen LogP contribution in [0, 0.1) is 17.6 Å². The number of rotatable bonds is 1. The predicted octanol–water partition coefficient (Wildman–Crippen LogP) is 2.64. The van der Waals surface area contributed by atoms with E-state index >= 15 is 0 Å². The highest BCUT2D eigenvalue weighted by Crippen LogP contribution is 2.28. The first-order valence-corrected chi connectivity index (χ1v) is 4.85. The molecule has 0 saturated carbocycles. The molecule has 76 valence electrons. The Hall–Kier alpha value is -0.960. The summed E-state index contributed by atoms with van der Waals surface area (Å²) in [6.45, 7) is 3.02. The van der Waals surface area contributed by atoms with Crippen LogP contribution in [0.15, 0.2) is 18.2 Å². The summed E-state index contributed by atoms with van der Waals surface area (Å²) < 4.78 is 26.0. The van der Waals surface area contributed by atoms with E-state index < -0.39 is 11.6 Å². The van der Waals surface area contributed by atoms with Crippen LogP contribution < -0.4 is 5.32 Å². The molecule has 0 aliphatic carbocycles. The normalized spacial score (nSPS) is 26.8. The van der Waals surface area contributed by atoms with Gasteiger partial charge in [0.1, 0.15) is 11.6 Å². The topological polar surface area (TPSA) is 12.0 Å². The molecular weight excluding hydrogens is 184 g/mol. The molecule has 0 unspecified atom stereocenters. The van der Waals surface area contributed by atoms with Crippen molar-refractivity contribution in [2.45, 2.75) is 19.4 Å². The van der Waals surface area contributed by atoms with Crippen molar-refractivity contribution in [1.29, 1.82) is 0 Å². The Kier molecular flexibility index (Phi) is 2.50. The molecule has 0 bridgehead atoms. The zero-order chi connectivity index (χ0) is 10.1. The Morgan fingerprint density at radius 2 is 2.14 bits per heavy atom. The molecule has 2 rings (SSSR count). The largest absolute Gasteiger partial charge is 0.310 e. The maximum atomic E-state index is 13.3. The van der Waals surface area contributed by atoms with E-state index in [0.29, 0.717) is 11.5 Å². The van der Waals surface area contributed by atoms with E-state index in [2.05, 4.69) is 12.2 Å². The van der Waals surface area contributed by atoms with Crippen LogP contribution in [0.4, 0.5) is 8.78 Å². The van der Waals surface area contributed by atoms with Gasteiger partial charge >= 0.3 is 0 Å². The maximum absolute atomic E-state index is 13.3. The molecule has 0 radical (unpaired) electrons. The van der Waals surface area contributed by atoms with Gasteiger partial charge in [0.15, 0.2) is 0 Å². The lowest BCUT2D eigenvalue weighted by Gasteiger charge is -2.11. The molecule has 3 heteroatoms. The molecule has 1 aromatic carbocycles. The van der Waals surface area contributed by atoms with E-state index in [-0.39, 0.29) is 6.04 Å². The standard InChI is InChI=1S/C11H13F2N/c1-7-4-11(14-6-7)9-3-2-8(12)5-10(9)13/h2-3,5,7,11,14H,4,6H2,1H3/t7-,11-/m0/s1. The van der Waals surface area contributed by atoms with Gasteiger partial charge in [0.25, 0.3) is 0 Å². The fourth-order valence-electron chi connectivity index (χ4n) is 1.93. The lowest BCUT2D eigenvalue weighted by molar-refractivity contribution is 0.534. The summed E-state index contributed by atoms with van der Waals surface area (Å²) in [5, 5.41) is 3.22. The summed E-state index contributed by atoms with van der Waals surface area (Å²) in [5.74, 6) is -0.404. The lowest BCUT2D eigenvalue weighted by atomic mass is 10.0. The molecule has 1 aliphatic heterocycles. The van der Waals surface area contributed by atoms with Crippen LogP contribution in [0.1, 0.15) is 24.9 Å². The van der Waals surface area contributed by atoms with Crippen molar-refractivity contribution in [2.24, 2.45) is 5.92 Å². The molecule has 1 saturated heterocycles. The van der Waals surface area contributed by atoms with Crippen molar-refractivity contribution in [1.82, 2.24) is 5.32 Å². The lowest BCUT2D eigenvalue weighted by Crippen LogP contribution is -2.14. The third-order valence-electron chi connectivity index (χ3n) is 2.69. The van der Waals surface area contributed by atoms with Crippen LogP contribution in [0.5, 0.6) is 0 Å². The minimum Gasteiger partial charge on any atom is -0.310 e. The smallest absolute Gasteiger partial charge is 0.130 e. The summed E-state index contributed by atoms with van der Waals surface area (Å²) >= 11 is 0. The highest BCUT2D eigenvalue weighted by atomic mass is 19.1. The Bertz CT molecular complexity index is 338. The Balaban J connectivity index is 2.24. The van der Waals surface area contributed by atoms with Gasteiger partial charge in [-0.2, -0.15) is 0 Å². The van der Waals surface area contributed by atoms with Crippen molar-refractivity contribution in [3.05, 3.63) is 35.4 Å². The van der Waals surface area contributed by atoms with Crippen LogP contribution in [0.3, 0.4) is 0 Å². The van der Waals surface area contributed by atoms with Gasteiger partial charge in [-0.15, -0.1) is 0 Å². The van der Waals surface area contributed by atoms with Gasteiger partial charge in [0.2, 0.25) is 0 Å². The Morgan fingerprint density at radius 1 is 1.36 bits per heavy atom. The van der Waals surface area contributed by atoms with Crippen LogP contribution in [-0.4, -0.2) is 6.54 Å². The van der Waals surface area contributed by atoms with Gasteiger partial charge in [-0.3, -0.25) is 0 Å². The second-order valence-corrected chi connectivity index (χ2v) is 3.97. The van der Waals surface area contributed by atoms with E-state index in [1.807, 2.05) is 0 Å². The SMILES string of the molecule is C[C@@H]1CN[C@H](c2ccc(F)cc2F)C1. The first-order valence-electron chi connectivity index (χ1n) is 4.85. The van der Waals surface area contributed by atoms with Crippen LogP contribution in [-0.2, 0) is 0 Å². The van der Waals surface area contributed by atoms with E-state index in [0.717, 1.165) is 19.0 Å². The summed E-state index contributed by atoms with van der Waals surface area (Å²) in [6.07, 6.45) is 0.919. The molecule has 14 heavy (non-hydrogen) atoms. The van der Waals surface area contributed by atoms with Crippen molar-refractivity contribution < 1.29 is 8.78 Å². The van der Waals surface area contributed by atoms with Gasteiger partial charge in [-0.05, 0) is 24.9 Å². The molecule has 0 amide bonds. The average molecular weight is 197 g/mol. The van der Waals surface area contributed by atoms with Crippen molar-refractivity contribution >= 4 is 0 Å². The molecule has 1 aromatic rings. The van der Waals surface area contributed by atoms with Crippen molar-refractivity contribution in [3.8, 4) is 0 Å². The number of halogens is 2. The van der Waals surface area contributed by atoms with E-state index in [4.69, 9.17) is 0 Å². The summed E-state index contributed by atoms with van der Waals surface area (Å²) in [6, 6.07) is 3.83. The van der Waals surface area contributed by atoms with Crippen LogP contribution >= 0.6 is 0 Å². The summed E-state index contributed by atoms with van der Waals surface area (Å²) in [7, 11) is 0. The van der Waals surface area contributed by atoms with Gasteiger partial charge in [-0.1, -0.05) is 13.0 Å². The van der Waals surface area contributed by atoms with E-state index in [1.165, 1.54) is 12.1 Å². The van der Waals surface area contributed by atoms with Gasteiger partial charge < -0.3 is 5.32 Å². The summed E-state index contributed by atoms with van der Waals surface area (Å²) in [5.41, 5.74) is 0.579. The third kappa shape index (κ3) is 1.77. The quantitative estimate of drug-likeness (QED) is 0.729. The molecule has 0 aromatic heterocycles. The van der Waals surface area contributed by atoms with Crippen molar-refractivity contribution in [2.75, 3.05) is 6.54 Å². The van der Waals surface area contributed by atoms with Gasteiger partial charge in [0, 0.05) is 17.7 Å². The molecule has 1 fully saturated rings. The monoisotopic (exact) mass is 197 g/mol. The zero-order valence-electron chi connectivity index (χ0n) is 8.06. The number of nitrogens with one attached hydrogen (secondary N) is 1. The molecule has 1 heterocycles. The first-order chi connectivity index (χ1) is 6.66. The van der Waals surface area contributed by atoms with E-state index in [9.17, 15) is 8.78 Å². The minimum absolute atomic E-state index is 0.0469. The predicted molar refractivity (Wildman–Crippen MR) is 50.9 cm³/mol. The number of hydrogen-bond donors (Lipinski definition) is 1. The van der Waals surface area contributed by atoms with Crippen molar-refractivity contribution in [3.63, 3.8) is 0 Å². The van der Waals surface area contributed by atoms with Gasteiger partial charge in [0.05, 0.1) is 0 Å². The first kappa shape index (κ1) is 9.59. The van der Waals surface area contributed by atoms with Gasteiger partial charge in [-0.25, -0.2) is 8.78 Å². The Morgan fingerprint density at radius 3 is 2.71 bits per heavy atom. The highest BCUT2D eigenvalue weighted by Gasteiger charge is 2.24. The molecular formula is C11H13F2N. The molecule has 2 atom stereocenters. The van der Waals surface area contributed by atoms with E-state index in [1.54, 1.807) is 0 Å². The maximum Gasteiger partial charge on any atom is 0.130 e. The van der Waals surface area contributed by atoms with Crippen LogP contribution in [0.25, 0.3) is 0 Å². The Labute approximate surface area is 82.1 Å². The van der Waals surface area contributed by atoms with Crippen LogP contribution in [0.2, 0.25) is 0 Å². The molecule has 1 aliphatic rings. The fraction of sp³-hybridized carbons (Fsp3) is 0.455. The number of benzene rings is 1. The average Bonchev–Trinajstić information content (AvgIpc) is 2.51. The molecule has 1 N–H and O–H groups in total. The molecule has 1 nitrogen and oxygen atoms in total. The summed E-state index contributed by atoms with van der Waals surface area (Å²) in [4.78, 5) is 0. The second-order valence-electron chi connectivity index (χ2n) is 3.97. The highest BCUT2D eigenvalue weighted by molar-refractivity contribution is 5.23.